The van der Waals surface area contributed by atoms with Gasteiger partial charge in [0.05, 0.1) is 50.8 Å². The van der Waals surface area contributed by atoms with Crippen molar-refractivity contribution in [1.29, 1.82) is 0 Å². The minimum Gasteiger partial charge on any atom is -0.497 e. The minimum absolute atomic E-state index is 0.504. The number of methoxy groups -OCH3 is 4. The Balaban J connectivity index is 1.43. The Morgan fingerprint density at radius 3 is 1.02 bits per heavy atom. The second kappa shape index (κ2) is 11.4. The van der Waals surface area contributed by atoms with E-state index in [0.717, 1.165) is 97.8 Å². The zero-order valence-electron chi connectivity index (χ0n) is 34.2. The van der Waals surface area contributed by atoms with Gasteiger partial charge in [-0.05, 0) is 155 Å². The molecule has 0 aliphatic carbocycles. The summed E-state index contributed by atoms with van der Waals surface area (Å²) >= 11 is 0. The van der Waals surface area contributed by atoms with Crippen LogP contribution in [0.15, 0.2) is 60.7 Å². The first-order valence-electron chi connectivity index (χ1n) is 19.3. The van der Waals surface area contributed by atoms with E-state index in [2.05, 4.69) is 104 Å². The molecule has 0 saturated carbocycles. The SMILES string of the molecule is COc1cc(OC)c2c(c1)c1cc(B3OC(C)(C)C(C)(C)O3)cc3cc4c5c(OC)cc(OC)cc5c5cc(B6OC(C)(C)C(C)(C)O6)cc6cc2c(c31)c4c65. The van der Waals surface area contributed by atoms with E-state index in [1.54, 1.807) is 28.4 Å². The van der Waals surface area contributed by atoms with Crippen molar-refractivity contribution in [2.45, 2.75) is 77.8 Å². The van der Waals surface area contributed by atoms with E-state index < -0.39 is 36.6 Å². The van der Waals surface area contributed by atoms with Gasteiger partial charge in [0.15, 0.2) is 0 Å². The van der Waals surface area contributed by atoms with Crippen LogP contribution in [0.25, 0.3) is 75.4 Å². The molecule has 0 aromatic heterocycles. The first-order valence-corrected chi connectivity index (χ1v) is 19.3. The molecule has 2 saturated heterocycles. The summed E-state index contributed by atoms with van der Waals surface area (Å²) in [6.07, 6.45) is 0. The first-order chi connectivity index (χ1) is 26.5. The highest BCUT2D eigenvalue weighted by Gasteiger charge is 2.53. The average Bonchev–Trinajstić information content (AvgIpc) is 3.53. The lowest BCUT2D eigenvalue weighted by atomic mass is 9.73. The summed E-state index contributed by atoms with van der Waals surface area (Å²) in [7, 11) is 5.71. The van der Waals surface area contributed by atoms with Crippen molar-refractivity contribution < 1.29 is 37.6 Å². The van der Waals surface area contributed by atoms with Crippen LogP contribution in [0.1, 0.15) is 55.4 Å². The number of benzene rings is 8. The van der Waals surface area contributed by atoms with E-state index in [4.69, 9.17) is 37.6 Å². The van der Waals surface area contributed by atoms with Gasteiger partial charge in [-0.15, -0.1) is 0 Å². The van der Waals surface area contributed by atoms with Gasteiger partial charge < -0.3 is 37.6 Å². The van der Waals surface area contributed by atoms with Crippen LogP contribution in [0.3, 0.4) is 0 Å². The van der Waals surface area contributed by atoms with E-state index in [1.807, 2.05) is 12.1 Å². The third kappa shape index (κ3) is 4.64. The standard InChI is InChI=1S/C46H46B2O8/c1-43(2)44(3,4)54-47(53-43)25-13-23-15-33-40-32(20-28(50-10)22-36(40)52-12)30-18-26(48-55-45(5,6)46(7,8)56-48)14-24-16-34-39-31(19-27(49-9)21-35(39)51-11)29(17-25)37(23)41(34)42(33)38(24)30/h13-22H,1-12H3. The molecule has 0 bridgehead atoms. The number of hydrogen-bond donors (Lipinski definition) is 0. The summed E-state index contributed by atoms with van der Waals surface area (Å²) in [6, 6.07) is 21.8. The highest BCUT2D eigenvalue weighted by atomic mass is 16.7. The molecule has 2 fully saturated rings. The lowest BCUT2D eigenvalue weighted by Gasteiger charge is -2.32. The molecular weight excluding hydrogens is 702 g/mol. The lowest BCUT2D eigenvalue weighted by Crippen LogP contribution is -2.41. The maximum absolute atomic E-state index is 6.67. The molecule has 0 amide bonds. The van der Waals surface area contributed by atoms with Crippen LogP contribution in [0, 0.1) is 0 Å². The van der Waals surface area contributed by atoms with Crippen LogP contribution >= 0.6 is 0 Å². The number of fused-ring (bicyclic) bond motifs is 6. The lowest BCUT2D eigenvalue weighted by molar-refractivity contribution is 0.00578. The predicted molar refractivity (Wildman–Crippen MR) is 229 cm³/mol. The van der Waals surface area contributed by atoms with Crippen LogP contribution < -0.4 is 29.9 Å². The van der Waals surface area contributed by atoms with Crippen molar-refractivity contribution in [2.24, 2.45) is 0 Å². The summed E-state index contributed by atoms with van der Waals surface area (Å²) in [5.41, 5.74) is -0.125. The molecule has 8 nitrogen and oxygen atoms in total. The zero-order valence-corrected chi connectivity index (χ0v) is 34.2. The van der Waals surface area contributed by atoms with Crippen molar-refractivity contribution in [2.75, 3.05) is 28.4 Å². The van der Waals surface area contributed by atoms with E-state index in [9.17, 15) is 0 Å². The van der Waals surface area contributed by atoms with Gasteiger partial charge in [0.2, 0.25) is 0 Å². The number of hydrogen-bond acceptors (Lipinski definition) is 8. The van der Waals surface area contributed by atoms with Crippen molar-refractivity contribution in [3.8, 4) is 23.0 Å². The maximum atomic E-state index is 6.67. The molecule has 0 radical (unpaired) electrons. The van der Waals surface area contributed by atoms with Crippen LogP contribution in [0.4, 0.5) is 0 Å². The molecular formula is C46H46B2O8. The fourth-order valence-corrected chi connectivity index (χ4v) is 9.17. The average molecular weight is 748 g/mol. The van der Waals surface area contributed by atoms with Crippen LogP contribution in [-0.4, -0.2) is 65.1 Å². The van der Waals surface area contributed by atoms with Gasteiger partial charge in [-0.2, -0.15) is 0 Å². The molecule has 2 aliphatic rings. The molecule has 0 spiro atoms. The topological polar surface area (TPSA) is 73.8 Å². The number of ether oxygens (including phenoxy) is 4. The van der Waals surface area contributed by atoms with Crippen molar-refractivity contribution in [3.05, 3.63) is 60.7 Å². The van der Waals surface area contributed by atoms with Gasteiger partial charge in [-0.1, -0.05) is 24.3 Å². The molecule has 284 valence electrons. The quantitative estimate of drug-likeness (QED) is 0.0947. The summed E-state index contributed by atoms with van der Waals surface area (Å²) in [5.74, 6) is 2.89. The number of rotatable bonds is 6. The molecule has 10 rings (SSSR count). The molecule has 0 atom stereocenters. The largest absolute Gasteiger partial charge is 0.497 e. The maximum Gasteiger partial charge on any atom is 0.494 e. The third-order valence-electron chi connectivity index (χ3n) is 13.5. The molecule has 2 heterocycles. The summed E-state index contributed by atoms with van der Waals surface area (Å²) < 4.78 is 50.9. The Bertz CT molecular complexity index is 2720. The molecule has 0 N–H and O–H groups in total. The van der Waals surface area contributed by atoms with E-state index in [1.165, 1.54) is 0 Å². The van der Waals surface area contributed by atoms with Gasteiger partial charge in [0.1, 0.15) is 23.0 Å². The molecule has 8 aromatic carbocycles. The second-order valence-electron chi connectivity index (χ2n) is 17.6. The molecule has 2 aliphatic heterocycles. The molecule has 10 heteroatoms. The Hall–Kier alpha value is -4.73. The Morgan fingerprint density at radius 2 is 0.696 bits per heavy atom. The highest BCUT2D eigenvalue weighted by molar-refractivity contribution is 6.64. The smallest absolute Gasteiger partial charge is 0.494 e. The van der Waals surface area contributed by atoms with Gasteiger partial charge in [0.25, 0.3) is 0 Å². The van der Waals surface area contributed by atoms with Crippen molar-refractivity contribution in [3.63, 3.8) is 0 Å². The second-order valence-corrected chi connectivity index (χ2v) is 17.6. The fourth-order valence-electron chi connectivity index (χ4n) is 9.17. The van der Waals surface area contributed by atoms with Crippen LogP contribution in [-0.2, 0) is 18.6 Å². The Labute approximate surface area is 327 Å². The van der Waals surface area contributed by atoms with Gasteiger partial charge in [0, 0.05) is 22.9 Å². The Morgan fingerprint density at radius 1 is 0.357 bits per heavy atom. The molecule has 56 heavy (non-hydrogen) atoms. The molecule has 0 unspecified atom stereocenters. The highest BCUT2D eigenvalue weighted by Crippen LogP contribution is 2.53. The zero-order chi connectivity index (χ0) is 39.4. The van der Waals surface area contributed by atoms with Crippen molar-refractivity contribution in [1.82, 2.24) is 0 Å². The monoisotopic (exact) mass is 748 g/mol. The third-order valence-corrected chi connectivity index (χ3v) is 13.5. The minimum atomic E-state index is -0.562. The summed E-state index contributed by atoms with van der Waals surface area (Å²) in [5, 5.41) is 15.1. The van der Waals surface area contributed by atoms with E-state index in [-0.39, 0.29) is 0 Å². The van der Waals surface area contributed by atoms with Crippen LogP contribution in [0.2, 0.25) is 0 Å². The Kier molecular flexibility index (Phi) is 7.29. The van der Waals surface area contributed by atoms with Gasteiger partial charge >= 0.3 is 14.2 Å². The van der Waals surface area contributed by atoms with Crippen molar-refractivity contribution >= 4 is 101 Å². The first kappa shape index (κ1) is 35.7. The normalized spacial score (nSPS) is 18.9. The van der Waals surface area contributed by atoms with Gasteiger partial charge in [-0.3, -0.25) is 0 Å². The van der Waals surface area contributed by atoms with Gasteiger partial charge in [-0.25, -0.2) is 0 Å². The summed E-state index contributed by atoms with van der Waals surface area (Å²) in [4.78, 5) is 0. The van der Waals surface area contributed by atoms with E-state index in [0.29, 0.717) is 11.5 Å². The van der Waals surface area contributed by atoms with Crippen LogP contribution in [0.5, 0.6) is 23.0 Å². The fraction of sp³-hybridized carbons (Fsp3) is 0.348. The summed E-state index contributed by atoms with van der Waals surface area (Å²) in [6.45, 7) is 16.7. The molecule has 8 aromatic rings. The predicted octanol–water partition coefficient (Wildman–Crippen LogP) is 9.27. The van der Waals surface area contributed by atoms with E-state index >= 15 is 0 Å².